The average Bonchev–Trinajstić information content (AvgIpc) is 3.22. The Morgan fingerprint density at radius 1 is 1.16 bits per heavy atom. The summed E-state index contributed by atoms with van der Waals surface area (Å²) in [7, 11) is 1.54. The van der Waals surface area contributed by atoms with Gasteiger partial charge in [0.1, 0.15) is 6.04 Å². The minimum atomic E-state index is -0.834. The summed E-state index contributed by atoms with van der Waals surface area (Å²) >= 11 is 1.31. The van der Waals surface area contributed by atoms with Crippen molar-refractivity contribution in [1.82, 2.24) is 15.2 Å². The molecule has 1 aromatic carbocycles. The van der Waals surface area contributed by atoms with Crippen LogP contribution in [0.25, 0.3) is 0 Å². The van der Waals surface area contributed by atoms with Gasteiger partial charge in [0, 0.05) is 43.6 Å². The van der Waals surface area contributed by atoms with Gasteiger partial charge in [0.05, 0.1) is 6.61 Å². The van der Waals surface area contributed by atoms with Gasteiger partial charge in [-0.2, -0.15) is 0 Å². The van der Waals surface area contributed by atoms with Crippen LogP contribution >= 0.6 is 11.3 Å². The summed E-state index contributed by atoms with van der Waals surface area (Å²) in [6.07, 6.45) is 1.55. The molecular weight excluding hydrogens is 428 g/mol. The van der Waals surface area contributed by atoms with Gasteiger partial charge in [-0.15, -0.1) is 11.3 Å². The van der Waals surface area contributed by atoms with Gasteiger partial charge in [-0.1, -0.05) is 29.8 Å². The molecule has 1 heterocycles. The van der Waals surface area contributed by atoms with E-state index in [9.17, 15) is 14.4 Å². The molecule has 174 valence electrons. The molecule has 0 spiro atoms. The van der Waals surface area contributed by atoms with Gasteiger partial charge in [0.15, 0.2) is 5.13 Å². The number of methoxy groups -OCH3 is 1. The van der Waals surface area contributed by atoms with Crippen molar-refractivity contribution in [3.8, 4) is 0 Å². The molecule has 0 aliphatic carbocycles. The highest BCUT2D eigenvalue weighted by atomic mass is 32.1. The average molecular weight is 461 g/mol. The number of amides is 3. The van der Waals surface area contributed by atoms with Crippen molar-refractivity contribution in [2.45, 2.75) is 52.1 Å². The number of ether oxygens (including phenoxy) is 1. The molecule has 1 atom stereocenters. The van der Waals surface area contributed by atoms with E-state index in [4.69, 9.17) is 4.74 Å². The number of aryl methyl sites for hydroxylation is 1. The molecule has 32 heavy (non-hydrogen) atoms. The standard InChI is InChI=1S/C23H32N4O4S/c1-16-6-8-17(9-7-16)20(21(30)26-23(2,3)4)27(13-14-31-5)19(29)11-10-18(28)25-22-24-12-15-32-22/h6-9,12,15,20H,10-11,13-14H2,1-5H3,(H,26,30)(H,24,25,28)/t20-/m1/s1. The van der Waals surface area contributed by atoms with Crippen LogP contribution in [-0.4, -0.2) is 53.4 Å². The molecule has 3 amide bonds. The van der Waals surface area contributed by atoms with Gasteiger partial charge >= 0.3 is 0 Å². The summed E-state index contributed by atoms with van der Waals surface area (Å²) in [5.41, 5.74) is 1.29. The number of nitrogens with zero attached hydrogens (tertiary/aromatic N) is 2. The van der Waals surface area contributed by atoms with E-state index in [2.05, 4.69) is 15.6 Å². The number of benzene rings is 1. The second-order valence-electron chi connectivity index (χ2n) is 8.52. The van der Waals surface area contributed by atoms with Crippen molar-refractivity contribution in [2.75, 3.05) is 25.6 Å². The van der Waals surface area contributed by atoms with E-state index in [0.717, 1.165) is 5.56 Å². The molecule has 0 aliphatic rings. The Hall–Kier alpha value is -2.78. The van der Waals surface area contributed by atoms with E-state index in [1.807, 2.05) is 52.0 Å². The number of hydrogen-bond donors (Lipinski definition) is 2. The quantitative estimate of drug-likeness (QED) is 0.567. The van der Waals surface area contributed by atoms with Crippen LogP contribution in [0.1, 0.15) is 50.8 Å². The zero-order valence-corrected chi connectivity index (χ0v) is 20.1. The lowest BCUT2D eigenvalue weighted by Crippen LogP contribution is -2.50. The molecule has 1 aromatic heterocycles. The second kappa shape index (κ2) is 11.7. The van der Waals surface area contributed by atoms with Crippen molar-refractivity contribution < 1.29 is 19.1 Å². The molecule has 2 aromatic rings. The molecule has 0 aliphatic heterocycles. The summed E-state index contributed by atoms with van der Waals surface area (Å²) in [6.45, 7) is 8.12. The molecule has 2 rings (SSSR count). The minimum Gasteiger partial charge on any atom is -0.383 e. The van der Waals surface area contributed by atoms with E-state index in [1.165, 1.54) is 16.2 Å². The van der Waals surface area contributed by atoms with Gasteiger partial charge in [-0.25, -0.2) is 4.98 Å². The third-order valence-electron chi connectivity index (χ3n) is 4.55. The van der Waals surface area contributed by atoms with Gasteiger partial charge in [-0.05, 0) is 33.3 Å². The number of carbonyl (C=O) groups excluding carboxylic acids is 3. The lowest BCUT2D eigenvalue weighted by molar-refractivity contribution is -0.142. The fraction of sp³-hybridized carbons (Fsp3) is 0.478. The van der Waals surface area contributed by atoms with Crippen LogP contribution in [0.15, 0.2) is 35.8 Å². The monoisotopic (exact) mass is 460 g/mol. The van der Waals surface area contributed by atoms with E-state index in [-0.39, 0.29) is 43.7 Å². The molecule has 0 saturated carbocycles. The summed E-state index contributed by atoms with van der Waals surface area (Å²) in [4.78, 5) is 44.2. The SMILES string of the molecule is COCCN(C(=O)CCC(=O)Nc1nccs1)[C@@H](C(=O)NC(C)(C)C)c1ccc(C)cc1. The molecule has 0 saturated heterocycles. The Bertz CT molecular complexity index is 892. The zero-order valence-electron chi connectivity index (χ0n) is 19.3. The normalized spacial score (nSPS) is 12.2. The van der Waals surface area contributed by atoms with Crippen molar-refractivity contribution in [3.05, 3.63) is 47.0 Å². The first-order valence-corrected chi connectivity index (χ1v) is 11.3. The first-order chi connectivity index (χ1) is 15.1. The number of aromatic nitrogens is 1. The molecule has 8 nitrogen and oxygen atoms in total. The highest BCUT2D eigenvalue weighted by Crippen LogP contribution is 2.24. The van der Waals surface area contributed by atoms with E-state index >= 15 is 0 Å². The smallest absolute Gasteiger partial charge is 0.247 e. The first kappa shape index (κ1) is 25.5. The van der Waals surface area contributed by atoms with Crippen LogP contribution in [0, 0.1) is 6.92 Å². The predicted molar refractivity (Wildman–Crippen MR) is 125 cm³/mol. The van der Waals surface area contributed by atoms with Crippen LogP contribution < -0.4 is 10.6 Å². The number of nitrogens with one attached hydrogen (secondary N) is 2. The van der Waals surface area contributed by atoms with Crippen LogP contribution in [0.5, 0.6) is 0 Å². The Morgan fingerprint density at radius 2 is 1.84 bits per heavy atom. The summed E-state index contributed by atoms with van der Waals surface area (Å²) < 4.78 is 5.19. The first-order valence-electron chi connectivity index (χ1n) is 10.5. The molecule has 0 unspecified atom stereocenters. The van der Waals surface area contributed by atoms with Crippen LogP contribution in [0.2, 0.25) is 0 Å². The van der Waals surface area contributed by atoms with E-state index in [0.29, 0.717) is 10.7 Å². The van der Waals surface area contributed by atoms with Crippen molar-refractivity contribution >= 4 is 34.2 Å². The predicted octanol–water partition coefficient (Wildman–Crippen LogP) is 3.30. The Morgan fingerprint density at radius 3 is 2.41 bits per heavy atom. The number of rotatable bonds is 10. The Labute approximate surface area is 193 Å². The highest BCUT2D eigenvalue weighted by molar-refractivity contribution is 7.13. The summed E-state index contributed by atoms with van der Waals surface area (Å²) in [6, 6.07) is 6.69. The van der Waals surface area contributed by atoms with Crippen LogP contribution in [0.4, 0.5) is 5.13 Å². The maximum atomic E-state index is 13.3. The largest absolute Gasteiger partial charge is 0.383 e. The van der Waals surface area contributed by atoms with E-state index in [1.54, 1.807) is 18.7 Å². The molecule has 0 fully saturated rings. The lowest BCUT2D eigenvalue weighted by Gasteiger charge is -2.33. The molecule has 0 radical (unpaired) electrons. The van der Waals surface area contributed by atoms with Gasteiger partial charge in [-0.3, -0.25) is 14.4 Å². The van der Waals surface area contributed by atoms with Crippen molar-refractivity contribution in [3.63, 3.8) is 0 Å². The molecule has 2 N–H and O–H groups in total. The number of carbonyl (C=O) groups is 3. The Balaban J connectivity index is 2.23. The Kier molecular flexibility index (Phi) is 9.34. The van der Waals surface area contributed by atoms with Crippen LogP contribution in [-0.2, 0) is 19.1 Å². The molecule has 0 bridgehead atoms. The maximum absolute atomic E-state index is 13.3. The second-order valence-corrected chi connectivity index (χ2v) is 9.41. The minimum absolute atomic E-state index is 0.0105. The molecule has 9 heteroatoms. The number of hydrogen-bond acceptors (Lipinski definition) is 6. The van der Waals surface area contributed by atoms with Gasteiger partial charge in [0.25, 0.3) is 0 Å². The summed E-state index contributed by atoms with van der Waals surface area (Å²) in [5.74, 6) is -0.880. The fourth-order valence-electron chi connectivity index (χ4n) is 3.08. The highest BCUT2D eigenvalue weighted by Gasteiger charge is 2.33. The third-order valence-corrected chi connectivity index (χ3v) is 5.24. The topological polar surface area (TPSA) is 101 Å². The van der Waals surface area contributed by atoms with Crippen molar-refractivity contribution in [2.24, 2.45) is 0 Å². The van der Waals surface area contributed by atoms with Crippen LogP contribution in [0.3, 0.4) is 0 Å². The number of thiazole rings is 1. The third kappa shape index (κ3) is 8.05. The van der Waals surface area contributed by atoms with E-state index < -0.39 is 11.6 Å². The zero-order chi connectivity index (χ0) is 23.7. The van der Waals surface area contributed by atoms with Gasteiger partial charge in [0.2, 0.25) is 17.7 Å². The molecular formula is C23H32N4O4S. The van der Waals surface area contributed by atoms with Crippen molar-refractivity contribution in [1.29, 1.82) is 0 Å². The number of anilines is 1. The lowest BCUT2D eigenvalue weighted by atomic mass is 10.00. The summed E-state index contributed by atoms with van der Waals surface area (Å²) in [5, 5.41) is 7.90. The fourth-order valence-corrected chi connectivity index (χ4v) is 3.62. The van der Waals surface area contributed by atoms with Gasteiger partial charge < -0.3 is 20.3 Å². The maximum Gasteiger partial charge on any atom is 0.247 e.